The van der Waals surface area contributed by atoms with Crippen molar-refractivity contribution < 1.29 is 14.7 Å². The van der Waals surface area contributed by atoms with Crippen LogP contribution in [0.3, 0.4) is 0 Å². The molecule has 0 saturated carbocycles. The van der Waals surface area contributed by atoms with Gasteiger partial charge in [0.05, 0.1) is 0 Å². The highest BCUT2D eigenvalue weighted by atomic mass is 16.4. The molecule has 0 fully saturated rings. The van der Waals surface area contributed by atoms with Crippen LogP contribution in [0.15, 0.2) is 12.2 Å². The molecule has 6 heteroatoms. The van der Waals surface area contributed by atoms with Crippen LogP contribution < -0.4 is 16.8 Å². The summed E-state index contributed by atoms with van der Waals surface area (Å²) in [6.07, 6.45) is 4.24. The molecule has 0 rings (SSSR count). The Morgan fingerprint density at radius 3 is 2.44 bits per heavy atom. The maximum Gasteiger partial charge on any atom is 0.326 e. The van der Waals surface area contributed by atoms with Gasteiger partial charge < -0.3 is 21.9 Å². The second kappa shape index (κ2) is 8.66. The summed E-state index contributed by atoms with van der Waals surface area (Å²) in [4.78, 5) is 22.6. The first-order valence-electron chi connectivity index (χ1n) is 6.04. The molecule has 104 valence electrons. The number of hydrogen-bond acceptors (Lipinski definition) is 4. The molecule has 0 aliphatic rings. The lowest BCUT2D eigenvalue weighted by molar-refractivity contribution is -0.142. The molecule has 0 saturated heterocycles. The molecule has 0 radical (unpaired) electrons. The Kier molecular flexibility index (Phi) is 7.98. The van der Waals surface area contributed by atoms with E-state index in [4.69, 9.17) is 16.6 Å². The molecule has 0 aromatic carbocycles. The highest BCUT2D eigenvalue weighted by Gasteiger charge is 2.22. The van der Waals surface area contributed by atoms with E-state index in [1.54, 1.807) is 6.08 Å². The van der Waals surface area contributed by atoms with Gasteiger partial charge in [0.2, 0.25) is 5.91 Å². The van der Waals surface area contributed by atoms with E-state index in [1.165, 1.54) is 6.08 Å². The summed E-state index contributed by atoms with van der Waals surface area (Å²) in [7, 11) is 0. The Labute approximate surface area is 107 Å². The van der Waals surface area contributed by atoms with E-state index in [2.05, 4.69) is 5.32 Å². The van der Waals surface area contributed by atoms with Crippen molar-refractivity contribution in [3.8, 4) is 0 Å². The lowest BCUT2D eigenvalue weighted by Gasteiger charge is -2.17. The summed E-state index contributed by atoms with van der Waals surface area (Å²) in [5, 5.41) is 11.4. The van der Waals surface area contributed by atoms with Crippen molar-refractivity contribution in [3.63, 3.8) is 0 Å². The zero-order valence-corrected chi connectivity index (χ0v) is 10.9. The van der Waals surface area contributed by atoms with Gasteiger partial charge in [0.25, 0.3) is 0 Å². The van der Waals surface area contributed by atoms with Gasteiger partial charge in [0.15, 0.2) is 0 Å². The molecule has 0 aliphatic carbocycles. The predicted octanol–water partition coefficient (Wildman–Crippen LogP) is -0.166. The Morgan fingerprint density at radius 1 is 1.39 bits per heavy atom. The average molecular weight is 257 g/mol. The fraction of sp³-hybridized carbons (Fsp3) is 0.667. The van der Waals surface area contributed by atoms with E-state index >= 15 is 0 Å². The van der Waals surface area contributed by atoms with Crippen LogP contribution in [0.2, 0.25) is 0 Å². The molecule has 1 amide bonds. The van der Waals surface area contributed by atoms with Gasteiger partial charge in [-0.3, -0.25) is 4.79 Å². The Balaban J connectivity index is 4.36. The van der Waals surface area contributed by atoms with E-state index in [1.807, 2.05) is 13.8 Å². The van der Waals surface area contributed by atoms with Crippen molar-refractivity contribution in [1.29, 1.82) is 0 Å². The smallest absolute Gasteiger partial charge is 0.326 e. The number of amides is 1. The molecule has 0 heterocycles. The maximum atomic E-state index is 11.7. The van der Waals surface area contributed by atoms with Crippen molar-refractivity contribution in [2.75, 3.05) is 6.54 Å². The number of hydrogen-bond donors (Lipinski definition) is 4. The maximum absolute atomic E-state index is 11.7. The van der Waals surface area contributed by atoms with Gasteiger partial charge >= 0.3 is 5.97 Å². The van der Waals surface area contributed by atoms with Crippen LogP contribution in [-0.2, 0) is 9.59 Å². The molecule has 18 heavy (non-hydrogen) atoms. The minimum atomic E-state index is -1.05. The van der Waals surface area contributed by atoms with Gasteiger partial charge in [-0.1, -0.05) is 26.0 Å². The van der Waals surface area contributed by atoms with E-state index < -0.39 is 24.0 Å². The second-order valence-corrected chi connectivity index (χ2v) is 4.56. The van der Waals surface area contributed by atoms with Crippen molar-refractivity contribution in [2.45, 2.75) is 38.8 Å². The zero-order chi connectivity index (χ0) is 14.1. The number of carboxylic acids is 1. The molecule has 6 N–H and O–H groups in total. The number of carboxylic acid groups (broad SMARTS) is 1. The zero-order valence-electron chi connectivity index (χ0n) is 10.9. The van der Waals surface area contributed by atoms with Gasteiger partial charge in [0.1, 0.15) is 12.1 Å². The Bertz CT molecular complexity index is 303. The molecule has 2 unspecified atom stereocenters. The summed E-state index contributed by atoms with van der Waals surface area (Å²) in [6.45, 7) is 4.27. The number of aliphatic carboxylic acids is 1. The minimum Gasteiger partial charge on any atom is -0.480 e. The molecule has 0 spiro atoms. The molecule has 2 atom stereocenters. The van der Waals surface area contributed by atoms with E-state index in [9.17, 15) is 9.59 Å². The second-order valence-electron chi connectivity index (χ2n) is 4.56. The lowest BCUT2D eigenvalue weighted by atomic mass is 10.0. The van der Waals surface area contributed by atoms with Gasteiger partial charge in [0, 0.05) is 0 Å². The van der Waals surface area contributed by atoms with Crippen molar-refractivity contribution in [3.05, 3.63) is 12.2 Å². The average Bonchev–Trinajstić information content (AvgIpc) is 2.27. The largest absolute Gasteiger partial charge is 0.480 e. The SMILES string of the molecule is CC(C)CC(NC(=O)C(N)C=CCCN)C(=O)O. The summed E-state index contributed by atoms with van der Waals surface area (Å²) in [5.41, 5.74) is 10.9. The Hall–Kier alpha value is -1.40. The standard InChI is InChI=1S/C12H23N3O3/c1-8(2)7-10(12(17)18)15-11(16)9(14)5-3-4-6-13/h3,5,8-10H,4,6-7,13-14H2,1-2H3,(H,15,16)(H,17,18). The lowest BCUT2D eigenvalue weighted by Crippen LogP contribution is -2.48. The first-order valence-corrected chi connectivity index (χ1v) is 6.04. The molecule has 0 bridgehead atoms. The van der Waals surface area contributed by atoms with E-state index in [-0.39, 0.29) is 5.92 Å². The number of rotatable bonds is 8. The van der Waals surface area contributed by atoms with Crippen LogP contribution in [0.25, 0.3) is 0 Å². The monoisotopic (exact) mass is 257 g/mol. The van der Waals surface area contributed by atoms with E-state index in [0.29, 0.717) is 19.4 Å². The summed E-state index contributed by atoms with van der Waals surface area (Å²) in [5.74, 6) is -1.36. The number of carbonyl (C=O) groups excluding carboxylic acids is 1. The van der Waals surface area contributed by atoms with Crippen LogP contribution in [0, 0.1) is 5.92 Å². The number of nitrogens with two attached hydrogens (primary N) is 2. The molecule has 0 aromatic heterocycles. The fourth-order valence-electron chi connectivity index (χ4n) is 1.39. The Morgan fingerprint density at radius 2 is 2.00 bits per heavy atom. The molecular weight excluding hydrogens is 234 g/mol. The number of nitrogens with one attached hydrogen (secondary N) is 1. The molecule has 0 aliphatic heterocycles. The van der Waals surface area contributed by atoms with Crippen LogP contribution in [0.5, 0.6) is 0 Å². The third kappa shape index (κ3) is 7.03. The highest BCUT2D eigenvalue weighted by Crippen LogP contribution is 2.05. The third-order valence-corrected chi connectivity index (χ3v) is 2.30. The third-order valence-electron chi connectivity index (χ3n) is 2.30. The van der Waals surface area contributed by atoms with E-state index in [0.717, 1.165) is 0 Å². The van der Waals surface area contributed by atoms with Crippen molar-refractivity contribution in [2.24, 2.45) is 17.4 Å². The first kappa shape index (κ1) is 16.6. The topological polar surface area (TPSA) is 118 Å². The molecule has 6 nitrogen and oxygen atoms in total. The van der Waals surface area contributed by atoms with Crippen LogP contribution >= 0.6 is 0 Å². The minimum absolute atomic E-state index is 0.176. The highest BCUT2D eigenvalue weighted by molar-refractivity contribution is 5.88. The summed E-state index contributed by atoms with van der Waals surface area (Å²) >= 11 is 0. The van der Waals surface area contributed by atoms with Crippen LogP contribution in [-0.4, -0.2) is 35.6 Å². The van der Waals surface area contributed by atoms with Crippen molar-refractivity contribution >= 4 is 11.9 Å². The van der Waals surface area contributed by atoms with Gasteiger partial charge in [-0.25, -0.2) is 4.79 Å². The van der Waals surface area contributed by atoms with Gasteiger partial charge in [-0.2, -0.15) is 0 Å². The first-order chi connectivity index (χ1) is 8.38. The van der Waals surface area contributed by atoms with Crippen LogP contribution in [0.1, 0.15) is 26.7 Å². The van der Waals surface area contributed by atoms with Crippen LogP contribution in [0.4, 0.5) is 0 Å². The summed E-state index contributed by atoms with van der Waals surface area (Å²) in [6, 6.07) is -1.74. The van der Waals surface area contributed by atoms with Crippen molar-refractivity contribution in [1.82, 2.24) is 5.32 Å². The normalized spacial score (nSPS) is 14.7. The molecular formula is C12H23N3O3. The fourth-order valence-corrected chi connectivity index (χ4v) is 1.39. The molecule has 0 aromatic rings. The summed E-state index contributed by atoms with van der Waals surface area (Å²) < 4.78 is 0. The quantitative estimate of drug-likeness (QED) is 0.450. The van der Waals surface area contributed by atoms with Gasteiger partial charge in [-0.05, 0) is 25.3 Å². The number of carbonyl (C=O) groups is 2. The predicted molar refractivity (Wildman–Crippen MR) is 69.8 cm³/mol. The van der Waals surface area contributed by atoms with Gasteiger partial charge in [-0.15, -0.1) is 0 Å².